The van der Waals surface area contributed by atoms with Gasteiger partial charge in [0.1, 0.15) is 5.82 Å². The number of rotatable bonds is 7. The maximum absolute atomic E-state index is 13.8. The van der Waals surface area contributed by atoms with E-state index in [0.29, 0.717) is 0 Å². The summed E-state index contributed by atoms with van der Waals surface area (Å²) in [5, 5.41) is 0. The molecule has 1 heteroatoms. The Labute approximate surface area is 105 Å². The monoisotopic (exact) mass is 234 g/mol. The summed E-state index contributed by atoms with van der Waals surface area (Å²) < 4.78 is 13.8. The molecule has 0 fully saturated rings. The predicted molar refractivity (Wildman–Crippen MR) is 73.6 cm³/mol. The summed E-state index contributed by atoms with van der Waals surface area (Å²) in [5.41, 5.74) is 2.79. The highest BCUT2D eigenvalue weighted by Gasteiger charge is 2.09. The molecule has 1 aromatic rings. The third kappa shape index (κ3) is 3.99. The van der Waals surface area contributed by atoms with Crippen molar-refractivity contribution in [2.75, 3.05) is 0 Å². The Kier molecular flexibility index (Phi) is 5.96. The molecule has 0 atom stereocenters. The Balaban J connectivity index is 2.76. The van der Waals surface area contributed by atoms with Gasteiger partial charge in [-0.1, -0.05) is 51.8 Å². The first kappa shape index (κ1) is 14.0. The van der Waals surface area contributed by atoms with E-state index in [4.69, 9.17) is 0 Å². The van der Waals surface area contributed by atoms with Crippen LogP contribution in [-0.2, 0) is 6.42 Å². The molecule has 0 saturated carbocycles. The molecule has 1 aromatic carbocycles. The summed E-state index contributed by atoms with van der Waals surface area (Å²) in [5.74, 6) is -0.121. The summed E-state index contributed by atoms with van der Waals surface area (Å²) in [7, 11) is 0. The Morgan fingerprint density at radius 2 is 1.94 bits per heavy atom. The highest BCUT2D eigenvalue weighted by molar-refractivity contribution is 5.66. The molecule has 94 valence electrons. The molecule has 0 aliphatic rings. The fourth-order valence-electron chi connectivity index (χ4n) is 2.09. The van der Waals surface area contributed by atoms with Crippen molar-refractivity contribution in [1.82, 2.24) is 0 Å². The molecule has 0 heterocycles. The Morgan fingerprint density at radius 1 is 1.18 bits per heavy atom. The van der Waals surface area contributed by atoms with Crippen LogP contribution in [0.2, 0.25) is 0 Å². The third-order valence-electron chi connectivity index (χ3n) is 3.18. The lowest BCUT2D eigenvalue weighted by Gasteiger charge is -2.11. The van der Waals surface area contributed by atoms with Gasteiger partial charge in [0, 0.05) is 5.56 Å². The summed E-state index contributed by atoms with van der Waals surface area (Å²) in [6.45, 7) is 8.19. The summed E-state index contributed by atoms with van der Waals surface area (Å²) >= 11 is 0. The van der Waals surface area contributed by atoms with Crippen molar-refractivity contribution in [3.05, 3.63) is 41.7 Å². The molecule has 0 aromatic heterocycles. The highest BCUT2D eigenvalue weighted by Crippen LogP contribution is 2.25. The topological polar surface area (TPSA) is 0 Å². The van der Waals surface area contributed by atoms with Crippen LogP contribution < -0.4 is 0 Å². The molecule has 0 spiro atoms. The zero-order chi connectivity index (χ0) is 12.7. The van der Waals surface area contributed by atoms with Crippen LogP contribution in [-0.4, -0.2) is 0 Å². The largest absolute Gasteiger partial charge is 0.206 e. The van der Waals surface area contributed by atoms with Gasteiger partial charge >= 0.3 is 0 Å². The van der Waals surface area contributed by atoms with Crippen LogP contribution in [0, 0.1) is 5.82 Å². The lowest BCUT2D eigenvalue weighted by Crippen LogP contribution is -1.97. The molecular formula is C16H23F. The van der Waals surface area contributed by atoms with Crippen molar-refractivity contribution >= 4 is 5.57 Å². The maximum atomic E-state index is 13.8. The molecule has 0 unspecified atom stereocenters. The van der Waals surface area contributed by atoms with Crippen molar-refractivity contribution < 1.29 is 4.39 Å². The molecular weight excluding hydrogens is 211 g/mol. The van der Waals surface area contributed by atoms with Crippen LogP contribution in [0.15, 0.2) is 24.8 Å². The predicted octanol–water partition coefficient (Wildman–Crippen LogP) is 5.37. The van der Waals surface area contributed by atoms with Crippen LogP contribution in [0.1, 0.15) is 57.1 Å². The molecule has 0 nitrogen and oxygen atoms in total. The first-order valence-corrected chi connectivity index (χ1v) is 6.66. The van der Waals surface area contributed by atoms with Crippen molar-refractivity contribution in [2.24, 2.45) is 0 Å². The Hall–Kier alpha value is -1.11. The van der Waals surface area contributed by atoms with E-state index in [0.717, 1.165) is 36.0 Å². The van der Waals surface area contributed by atoms with Gasteiger partial charge in [0.15, 0.2) is 0 Å². The minimum Gasteiger partial charge on any atom is -0.206 e. The number of benzene rings is 1. The van der Waals surface area contributed by atoms with Gasteiger partial charge in [-0.25, -0.2) is 4.39 Å². The minimum absolute atomic E-state index is 0.121. The average Bonchev–Trinajstić information content (AvgIpc) is 2.34. The molecule has 0 amide bonds. The van der Waals surface area contributed by atoms with Gasteiger partial charge in [0.25, 0.3) is 0 Å². The molecule has 0 aliphatic carbocycles. The number of hydrogen-bond donors (Lipinski definition) is 0. The van der Waals surface area contributed by atoms with E-state index in [9.17, 15) is 4.39 Å². The molecule has 0 radical (unpaired) electrons. The second-order valence-electron chi connectivity index (χ2n) is 4.54. The van der Waals surface area contributed by atoms with Gasteiger partial charge in [0.2, 0.25) is 0 Å². The van der Waals surface area contributed by atoms with Crippen LogP contribution in [0.4, 0.5) is 4.39 Å². The van der Waals surface area contributed by atoms with Gasteiger partial charge in [0.05, 0.1) is 0 Å². The summed E-state index contributed by atoms with van der Waals surface area (Å²) in [6, 6.07) is 5.37. The van der Waals surface area contributed by atoms with E-state index in [-0.39, 0.29) is 5.82 Å². The van der Waals surface area contributed by atoms with E-state index >= 15 is 0 Å². The standard InChI is InChI=1S/C16H23F/c1-4-6-7-8-10-14-11-9-12-15(17)16(14)13(3)5-2/h9,11-12H,3-8,10H2,1-2H3. The SMILES string of the molecule is C=C(CC)c1c(F)cccc1CCCCCC. The first-order valence-electron chi connectivity index (χ1n) is 6.66. The zero-order valence-corrected chi connectivity index (χ0v) is 11.1. The van der Waals surface area contributed by atoms with Gasteiger partial charge in [-0.3, -0.25) is 0 Å². The average molecular weight is 234 g/mol. The minimum atomic E-state index is -0.121. The quantitative estimate of drug-likeness (QED) is 0.556. The lowest BCUT2D eigenvalue weighted by molar-refractivity contribution is 0.616. The van der Waals surface area contributed by atoms with Gasteiger partial charge in [-0.15, -0.1) is 0 Å². The van der Waals surface area contributed by atoms with E-state index in [1.54, 1.807) is 6.07 Å². The third-order valence-corrected chi connectivity index (χ3v) is 3.18. The van der Waals surface area contributed by atoms with Gasteiger partial charge < -0.3 is 0 Å². The zero-order valence-electron chi connectivity index (χ0n) is 11.1. The fourth-order valence-corrected chi connectivity index (χ4v) is 2.09. The maximum Gasteiger partial charge on any atom is 0.130 e. The van der Waals surface area contributed by atoms with Crippen molar-refractivity contribution in [3.63, 3.8) is 0 Å². The molecule has 17 heavy (non-hydrogen) atoms. The number of halogens is 1. The van der Waals surface area contributed by atoms with Crippen molar-refractivity contribution in [2.45, 2.75) is 52.4 Å². The summed E-state index contributed by atoms with van der Waals surface area (Å²) in [6.07, 6.45) is 6.64. The Morgan fingerprint density at radius 3 is 2.59 bits per heavy atom. The fraction of sp³-hybridized carbons (Fsp3) is 0.500. The van der Waals surface area contributed by atoms with E-state index < -0.39 is 0 Å². The van der Waals surface area contributed by atoms with Crippen molar-refractivity contribution in [3.8, 4) is 0 Å². The van der Waals surface area contributed by atoms with Crippen LogP contribution >= 0.6 is 0 Å². The van der Waals surface area contributed by atoms with Crippen molar-refractivity contribution in [1.29, 1.82) is 0 Å². The highest BCUT2D eigenvalue weighted by atomic mass is 19.1. The summed E-state index contributed by atoms with van der Waals surface area (Å²) in [4.78, 5) is 0. The normalized spacial score (nSPS) is 10.5. The second-order valence-corrected chi connectivity index (χ2v) is 4.54. The van der Waals surface area contributed by atoms with Crippen LogP contribution in [0.5, 0.6) is 0 Å². The first-order chi connectivity index (χ1) is 8.20. The van der Waals surface area contributed by atoms with Gasteiger partial charge in [-0.05, 0) is 36.5 Å². The number of unbranched alkanes of at least 4 members (excludes halogenated alkanes) is 3. The molecule has 0 N–H and O–H groups in total. The second kappa shape index (κ2) is 7.26. The van der Waals surface area contributed by atoms with Crippen LogP contribution in [0.3, 0.4) is 0 Å². The number of allylic oxidation sites excluding steroid dienone is 1. The van der Waals surface area contributed by atoms with E-state index in [1.807, 2.05) is 13.0 Å². The van der Waals surface area contributed by atoms with Gasteiger partial charge in [-0.2, -0.15) is 0 Å². The van der Waals surface area contributed by atoms with Crippen LogP contribution in [0.25, 0.3) is 5.57 Å². The van der Waals surface area contributed by atoms with E-state index in [1.165, 1.54) is 25.3 Å². The lowest BCUT2D eigenvalue weighted by atomic mass is 9.95. The molecule has 0 bridgehead atoms. The number of aryl methyl sites for hydroxylation is 1. The Bertz CT molecular complexity index is 366. The smallest absolute Gasteiger partial charge is 0.130 e. The molecule has 0 saturated heterocycles. The molecule has 0 aliphatic heterocycles. The number of hydrogen-bond acceptors (Lipinski definition) is 0. The van der Waals surface area contributed by atoms with E-state index in [2.05, 4.69) is 13.5 Å². The molecule has 1 rings (SSSR count).